The average Bonchev–Trinajstić information content (AvgIpc) is 1.98. The summed E-state index contributed by atoms with van der Waals surface area (Å²) in [5.41, 5.74) is 0. The Morgan fingerprint density at radius 1 is 1.50 bits per heavy atom. The van der Waals surface area contributed by atoms with E-state index in [0.717, 1.165) is 6.42 Å². The van der Waals surface area contributed by atoms with E-state index in [9.17, 15) is 9.59 Å². The summed E-state index contributed by atoms with van der Waals surface area (Å²) in [4.78, 5) is 20.4. The van der Waals surface area contributed by atoms with Gasteiger partial charge in [0.1, 0.15) is 5.91 Å². The van der Waals surface area contributed by atoms with Gasteiger partial charge in [-0.2, -0.15) is 5.06 Å². The normalized spacial score (nSPS) is 15.5. The molecule has 0 aromatic rings. The van der Waals surface area contributed by atoms with Crippen molar-refractivity contribution in [2.75, 3.05) is 0 Å². The van der Waals surface area contributed by atoms with E-state index in [0.29, 0.717) is 0 Å². The number of amides is 2. The standard InChI is InChI=1S/C4H4NO3.H2N.Y/c6-3-1-2-4(7)5(3)8;;/h1,8H,2H2;1H2;/q2*-1;. The first kappa shape index (κ1) is 12.7. The maximum Gasteiger partial charge on any atom is 0.223 e. The van der Waals surface area contributed by atoms with Crippen molar-refractivity contribution in [3.8, 4) is 0 Å². The molecule has 0 bridgehead atoms. The SMILES string of the molecule is O=C1[CH-]CC(=O)N1O.[NH2-].[Y]. The second-order valence-electron chi connectivity index (χ2n) is 1.45. The second-order valence-corrected chi connectivity index (χ2v) is 1.45. The van der Waals surface area contributed by atoms with Crippen LogP contribution in [0.1, 0.15) is 6.42 Å². The fourth-order valence-electron chi connectivity index (χ4n) is 0.470. The summed E-state index contributed by atoms with van der Waals surface area (Å²) in [6.45, 7) is 0. The summed E-state index contributed by atoms with van der Waals surface area (Å²) >= 11 is 0. The summed E-state index contributed by atoms with van der Waals surface area (Å²) in [6.07, 6.45) is 1.15. The Morgan fingerprint density at radius 3 is 2.10 bits per heavy atom. The fourth-order valence-corrected chi connectivity index (χ4v) is 0.470. The number of carbonyl (C=O) groups excluding carboxylic acids is 2. The van der Waals surface area contributed by atoms with Crippen molar-refractivity contribution >= 4 is 11.8 Å². The molecule has 5 nitrogen and oxygen atoms in total. The van der Waals surface area contributed by atoms with Crippen LogP contribution in [-0.4, -0.2) is 22.1 Å². The Balaban J connectivity index is 0. The molecule has 6 heteroatoms. The number of carbonyl (C=O) groups is 2. The maximum absolute atomic E-state index is 10.2. The van der Waals surface area contributed by atoms with Crippen LogP contribution >= 0.6 is 0 Å². The monoisotopic (exact) mass is 219 g/mol. The van der Waals surface area contributed by atoms with Crippen LogP contribution < -0.4 is 0 Å². The molecule has 0 aromatic carbocycles. The number of hydrogen-bond donors (Lipinski definition) is 1. The van der Waals surface area contributed by atoms with Crippen LogP contribution in [0.25, 0.3) is 6.15 Å². The van der Waals surface area contributed by atoms with Gasteiger partial charge in [0.2, 0.25) is 5.91 Å². The zero-order valence-electron chi connectivity index (χ0n) is 5.15. The van der Waals surface area contributed by atoms with Crippen molar-refractivity contribution in [2.24, 2.45) is 0 Å². The molecule has 10 heavy (non-hydrogen) atoms. The first-order valence-electron chi connectivity index (χ1n) is 2.11. The summed E-state index contributed by atoms with van der Waals surface area (Å²) < 4.78 is 0. The van der Waals surface area contributed by atoms with Crippen LogP contribution in [0.3, 0.4) is 0 Å². The predicted octanol–water partition coefficient (Wildman–Crippen LogP) is 0.0534. The minimum Gasteiger partial charge on any atom is -0.693 e. The Labute approximate surface area is 83.2 Å². The van der Waals surface area contributed by atoms with Gasteiger partial charge < -0.3 is 10.9 Å². The van der Waals surface area contributed by atoms with Gasteiger partial charge in [-0.3, -0.25) is 16.4 Å². The second kappa shape index (κ2) is 4.79. The number of hydroxylamine groups is 2. The van der Waals surface area contributed by atoms with E-state index in [4.69, 9.17) is 5.21 Å². The molecule has 0 aromatic heterocycles. The van der Waals surface area contributed by atoms with Crippen LogP contribution in [-0.2, 0) is 42.3 Å². The maximum atomic E-state index is 10.2. The van der Waals surface area contributed by atoms with Gasteiger partial charge in [-0.15, -0.1) is 0 Å². The van der Waals surface area contributed by atoms with Crippen molar-refractivity contribution in [3.05, 3.63) is 12.6 Å². The number of nitrogens with zero attached hydrogens (tertiary/aromatic N) is 1. The first-order valence-corrected chi connectivity index (χ1v) is 2.11. The molecule has 1 aliphatic rings. The molecular weight excluding hydrogens is 213 g/mol. The molecule has 1 heterocycles. The third kappa shape index (κ3) is 2.34. The summed E-state index contributed by atoms with van der Waals surface area (Å²) in [5, 5.41) is 8.48. The van der Waals surface area contributed by atoms with Crippen molar-refractivity contribution in [3.63, 3.8) is 0 Å². The Bertz CT molecular complexity index is 133. The third-order valence-electron chi connectivity index (χ3n) is 0.896. The van der Waals surface area contributed by atoms with Crippen LogP contribution in [0.15, 0.2) is 0 Å². The van der Waals surface area contributed by atoms with Crippen LogP contribution in [0.5, 0.6) is 0 Å². The van der Waals surface area contributed by atoms with Gasteiger partial charge >= 0.3 is 0 Å². The Hall–Kier alpha value is 0.0339. The molecule has 1 saturated heterocycles. The summed E-state index contributed by atoms with van der Waals surface area (Å²) in [6, 6.07) is 0. The Kier molecular flexibility index (Phi) is 6.08. The summed E-state index contributed by atoms with van der Waals surface area (Å²) in [5.74, 6) is -1.19. The van der Waals surface area contributed by atoms with E-state index >= 15 is 0 Å². The number of hydrogen-bond acceptors (Lipinski definition) is 3. The molecule has 55 valence electrons. The minimum atomic E-state index is -0.630. The topological polar surface area (TPSA) is 91.1 Å². The quantitative estimate of drug-likeness (QED) is 0.354. The van der Waals surface area contributed by atoms with E-state index in [2.05, 4.69) is 0 Å². The third-order valence-corrected chi connectivity index (χ3v) is 0.896. The molecule has 0 atom stereocenters. The van der Waals surface area contributed by atoms with E-state index < -0.39 is 11.8 Å². The zero-order valence-corrected chi connectivity index (χ0v) is 7.99. The molecule has 1 aliphatic heterocycles. The average molecular weight is 219 g/mol. The van der Waals surface area contributed by atoms with Gasteiger partial charge in [0.25, 0.3) is 0 Å². The molecule has 0 aliphatic carbocycles. The van der Waals surface area contributed by atoms with Gasteiger partial charge in [0, 0.05) is 32.7 Å². The first-order chi connectivity index (χ1) is 3.72. The minimum absolute atomic E-state index is 0. The van der Waals surface area contributed by atoms with Crippen molar-refractivity contribution in [2.45, 2.75) is 6.42 Å². The molecule has 2 amide bonds. The molecule has 1 rings (SSSR count). The zero-order chi connectivity index (χ0) is 6.15. The van der Waals surface area contributed by atoms with E-state index in [1.807, 2.05) is 0 Å². The number of rotatable bonds is 0. The molecule has 0 unspecified atom stereocenters. The van der Waals surface area contributed by atoms with E-state index in [1.54, 1.807) is 0 Å². The summed E-state index contributed by atoms with van der Waals surface area (Å²) in [7, 11) is 0. The smallest absolute Gasteiger partial charge is 0.223 e. The molecule has 1 radical (unpaired) electrons. The largest absolute Gasteiger partial charge is 0.693 e. The molecular formula is C4H6N2O3Y-2. The van der Waals surface area contributed by atoms with E-state index in [-0.39, 0.29) is 50.3 Å². The van der Waals surface area contributed by atoms with Crippen LogP contribution in [0, 0.1) is 6.42 Å². The fraction of sp³-hybridized carbons (Fsp3) is 0.250. The van der Waals surface area contributed by atoms with Crippen molar-refractivity contribution in [1.82, 2.24) is 5.06 Å². The van der Waals surface area contributed by atoms with Gasteiger partial charge in [-0.25, -0.2) is 0 Å². The van der Waals surface area contributed by atoms with Crippen LogP contribution in [0.4, 0.5) is 0 Å². The van der Waals surface area contributed by atoms with Gasteiger partial charge in [0.05, 0.1) is 0 Å². The molecule has 0 spiro atoms. The number of imide groups is 1. The van der Waals surface area contributed by atoms with Gasteiger partial charge in [-0.05, 0) is 0 Å². The Morgan fingerprint density at radius 2 is 2.00 bits per heavy atom. The number of nitrogens with two attached hydrogens (primary N) is 1. The molecule has 0 saturated carbocycles. The molecule has 3 N–H and O–H groups in total. The predicted molar refractivity (Wildman–Crippen MR) is 27.8 cm³/mol. The molecule has 1 fully saturated rings. The van der Waals surface area contributed by atoms with Crippen molar-refractivity contribution in [1.29, 1.82) is 0 Å². The van der Waals surface area contributed by atoms with E-state index in [1.165, 1.54) is 0 Å². The van der Waals surface area contributed by atoms with Gasteiger partial charge in [-0.1, -0.05) is 6.42 Å². The van der Waals surface area contributed by atoms with Crippen molar-refractivity contribution < 1.29 is 47.5 Å². The van der Waals surface area contributed by atoms with Gasteiger partial charge in [0.15, 0.2) is 0 Å². The van der Waals surface area contributed by atoms with Crippen LogP contribution in [0.2, 0.25) is 0 Å².